The zero-order valence-electron chi connectivity index (χ0n) is 11.9. The summed E-state index contributed by atoms with van der Waals surface area (Å²) in [6, 6.07) is 9.40. The van der Waals surface area contributed by atoms with E-state index in [1.807, 2.05) is 0 Å². The van der Waals surface area contributed by atoms with Gasteiger partial charge < -0.3 is 5.32 Å². The minimum atomic E-state index is 0.671. The molecule has 1 nitrogen and oxygen atoms in total. The lowest BCUT2D eigenvalue weighted by Gasteiger charge is -2.26. The van der Waals surface area contributed by atoms with Gasteiger partial charge in [-0.05, 0) is 61.7 Å². The van der Waals surface area contributed by atoms with E-state index in [2.05, 4.69) is 43.4 Å². The predicted molar refractivity (Wildman–Crippen MR) is 79.2 cm³/mol. The molecule has 2 rings (SSSR count). The van der Waals surface area contributed by atoms with Gasteiger partial charge in [-0.1, -0.05) is 44.5 Å². The lowest BCUT2D eigenvalue weighted by atomic mass is 9.79. The minimum absolute atomic E-state index is 0.671. The van der Waals surface area contributed by atoms with Gasteiger partial charge in [-0.25, -0.2) is 0 Å². The molecule has 0 saturated heterocycles. The number of benzene rings is 1. The first kappa shape index (κ1) is 13.6. The maximum Gasteiger partial charge on any atom is -0.00432 e. The molecule has 1 aromatic carbocycles. The second-order valence-corrected chi connectivity index (χ2v) is 5.73. The van der Waals surface area contributed by atoms with Gasteiger partial charge in [0.25, 0.3) is 0 Å². The first-order chi connectivity index (χ1) is 8.81. The van der Waals surface area contributed by atoms with Crippen molar-refractivity contribution in [2.75, 3.05) is 13.1 Å². The molecule has 0 bridgehead atoms. The van der Waals surface area contributed by atoms with Crippen LogP contribution in [0.25, 0.3) is 0 Å². The molecule has 0 amide bonds. The summed E-state index contributed by atoms with van der Waals surface area (Å²) in [5, 5.41) is 3.48. The van der Waals surface area contributed by atoms with Crippen molar-refractivity contribution in [3.8, 4) is 0 Å². The molecule has 0 aliphatic heterocycles. The minimum Gasteiger partial charge on any atom is -0.317 e. The van der Waals surface area contributed by atoms with E-state index < -0.39 is 0 Å². The molecule has 1 fully saturated rings. The lowest BCUT2D eigenvalue weighted by Crippen LogP contribution is -2.17. The topological polar surface area (TPSA) is 12.0 Å². The molecule has 100 valence electrons. The molecule has 1 aliphatic rings. The van der Waals surface area contributed by atoms with Crippen molar-refractivity contribution in [2.24, 2.45) is 0 Å². The summed E-state index contributed by atoms with van der Waals surface area (Å²) >= 11 is 0. The standard InChI is InChI=1S/C17H27N/c1-3-12-18-13-11-14(2)15-7-9-17(10-8-15)16-5-4-6-16/h7-10,14,16,18H,3-6,11-13H2,1-2H3. The van der Waals surface area contributed by atoms with Crippen molar-refractivity contribution >= 4 is 0 Å². The fraction of sp³-hybridized carbons (Fsp3) is 0.647. The molecule has 1 heteroatoms. The third-order valence-corrected chi connectivity index (χ3v) is 4.26. The molecule has 0 spiro atoms. The van der Waals surface area contributed by atoms with Gasteiger partial charge in [0.1, 0.15) is 0 Å². The average Bonchev–Trinajstić information content (AvgIpc) is 2.33. The van der Waals surface area contributed by atoms with Crippen LogP contribution in [0.4, 0.5) is 0 Å². The van der Waals surface area contributed by atoms with E-state index in [1.165, 1.54) is 37.7 Å². The van der Waals surface area contributed by atoms with E-state index in [4.69, 9.17) is 0 Å². The van der Waals surface area contributed by atoms with Crippen LogP contribution in [0.5, 0.6) is 0 Å². The number of hydrogen-bond acceptors (Lipinski definition) is 1. The van der Waals surface area contributed by atoms with Crippen molar-refractivity contribution in [3.05, 3.63) is 35.4 Å². The Morgan fingerprint density at radius 3 is 2.44 bits per heavy atom. The summed E-state index contributed by atoms with van der Waals surface area (Å²) in [7, 11) is 0. The van der Waals surface area contributed by atoms with Crippen molar-refractivity contribution in [2.45, 2.75) is 57.8 Å². The van der Waals surface area contributed by atoms with Crippen LogP contribution >= 0.6 is 0 Å². The molecule has 1 N–H and O–H groups in total. The molecule has 1 saturated carbocycles. The molecule has 18 heavy (non-hydrogen) atoms. The van der Waals surface area contributed by atoms with Crippen LogP contribution in [0, 0.1) is 0 Å². The van der Waals surface area contributed by atoms with E-state index in [0.29, 0.717) is 5.92 Å². The van der Waals surface area contributed by atoms with E-state index in [0.717, 1.165) is 19.0 Å². The summed E-state index contributed by atoms with van der Waals surface area (Å²) in [4.78, 5) is 0. The summed E-state index contributed by atoms with van der Waals surface area (Å²) in [6.07, 6.45) is 6.69. The molecule has 1 aromatic rings. The van der Waals surface area contributed by atoms with Crippen molar-refractivity contribution < 1.29 is 0 Å². The Labute approximate surface area is 112 Å². The number of hydrogen-bond donors (Lipinski definition) is 1. The Morgan fingerprint density at radius 1 is 1.17 bits per heavy atom. The van der Waals surface area contributed by atoms with E-state index >= 15 is 0 Å². The highest BCUT2D eigenvalue weighted by molar-refractivity contribution is 5.28. The normalized spacial score (nSPS) is 17.4. The third kappa shape index (κ3) is 3.58. The smallest absolute Gasteiger partial charge is 0.00432 e. The van der Waals surface area contributed by atoms with Crippen LogP contribution in [0.1, 0.15) is 68.9 Å². The van der Waals surface area contributed by atoms with Crippen LogP contribution in [0.15, 0.2) is 24.3 Å². The molecule has 0 radical (unpaired) electrons. The van der Waals surface area contributed by atoms with Gasteiger partial charge in [0.15, 0.2) is 0 Å². The highest BCUT2D eigenvalue weighted by Crippen LogP contribution is 2.36. The van der Waals surface area contributed by atoms with Crippen molar-refractivity contribution in [3.63, 3.8) is 0 Å². The highest BCUT2D eigenvalue weighted by atomic mass is 14.8. The lowest BCUT2D eigenvalue weighted by molar-refractivity contribution is 0.419. The number of rotatable bonds is 7. The van der Waals surface area contributed by atoms with Gasteiger partial charge in [0.05, 0.1) is 0 Å². The van der Waals surface area contributed by atoms with Gasteiger partial charge >= 0.3 is 0 Å². The summed E-state index contributed by atoms with van der Waals surface area (Å²) in [5.74, 6) is 1.53. The maximum absolute atomic E-state index is 3.48. The van der Waals surface area contributed by atoms with Gasteiger partial charge in [0.2, 0.25) is 0 Å². The van der Waals surface area contributed by atoms with Crippen LogP contribution < -0.4 is 5.32 Å². The monoisotopic (exact) mass is 245 g/mol. The molecular formula is C17H27N. The van der Waals surface area contributed by atoms with E-state index in [1.54, 1.807) is 5.56 Å². The van der Waals surface area contributed by atoms with Crippen LogP contribution in [-0.2, 0) is 0 Å². The zero-order chi connectivity index (χ0) is 12.8. The Morgan fingerprint density at radius 2 is 1.89 bits per heavy atom. The fourth-order valence-electron chi connectivity index (χ4n) is 2.63. The van der Waals surface area contributed by atoms with Crippen LogP contribution in [0.2, 0.25) is 0 Å². The Hall–Kier alpha value is -0.820. The highest BCUT2D eigenvalue weighted by Gasteiger charge is 2.19. The molecule has 0 heterocycles. The summed E-state index contributed by atoms with van der Waals surface area (Å²) < 4.78 is 0. The molecule has 0 aromatic heterocycles. The van der Waals surface area contributed by atoms with Gasteiger partial charge in [-0.3, -0.25) is 0 Å². The average molecular weight is 245 g/mol. The van der Waals surface area contributed by atoms with Crippen LogP contribution in [-0.4, -0.2) is 13.1 Å². The number of nitrogens with one attached hydrogen (secondary N) is 1. The molecule has 1 unspecified atom stereocenters. The molecule has 1 aliphatic carbocycles. The Balaban J connectivity index is 1.80. The van der Waals surface area contributed by atoms with Gasteiger partial charge in [-0.2, -0.15) is 0 Å². The van der Waals surface area contributed by atoms with E-state index in [-0.39, 0.29) is 0 Å². The van der Waals surface area contributed by atoms with E-state index in [9.17, 15) is 0 Å². The van der Waals surface area contributed by atoms with Crippen molar-refractivity contribution in [1.82, 2.24) is 5.32 Å². The second kappa shape index (κ2) is 6.94. The largest absolute Gasteiger partial charge is 0.317 e. The zero-order valence-corrected chi connectivity index (χ0v) is 11.9. The maximum atomic E-state index is 3.48. The second-order valence-electron chi connectivity index (χ2n) is 5.73. The molecular weight excluding hydrogens is 218 g/mol. The fourth-order valence-corrected chi connectivity index (χ4v) is 2.63. The molecule has 1 atom stereocenters. The van der Waals surface area contributed by atoms with Gasteiger partial charge in [0, 0.05) is 0 Å². The van der Waals surface area contributed by atoms with Crippen molar-refractivity contribution in [1.29, 1.82) is 0 Å². The van der Waals surface area contributed by atoms with Gasteiger partial charge in [-0.15, -0.1) is 0 Å². The SMILES string of the molecule is CCCNCCC(C)c1ccc(C2CCC2)cc1. The Bertz CT molecular complexity index is 337. The summed E-state index contributed by atoms with van der Waals surface area (Å²) in [6.45, 7) is 6.84. The first-order valence-electron chi connectivity index (χ1n) is 7.62. The Kier molecular flexibility index (Phi) is 5.25. The summed E-state index contributed by atoms with van der Waals surface area (Å²) in [5.41, 5.74) is 3.05. The third-order valence-electron chi connectivity index (χ3n) is 4.26. The quantitative estimate of drug-likeness (QED) is 0.700. The predicted octanol–water partition coefficient (Wildman–Crippen LogP) is 4.45. The first-order valence-corrected chi connectivity index (χ1v) is 7.62. The van der Waals surface area contributed by atoms with Crippen LogP contribution in [0.3, 0.4) is 0 Å².